The summed E-state index contributed by atoms with van der Waals surface area (Å²) >= 11 is 0. The van der Waals surface area contributed by atoms with E-state index in [4.69, 9.17) is 9.47 Å². The summed E-state index contributed by atoms with van der Waals surface area (Å²) in [7, 11) is 1.67. The van der Waals surface area contributed by atoms with Crippen molar-refractivity contribution in [2.24, 2.45) is 0 Å². The Bertz CT molecular complexity index is 722. The fraction of sp³-hybridized carbons (Fsp3) is 0.150. The number of aromatic nitrogens is 1. The topological polar surface area (TPSA) is 31.4 Å². The van der Waals surface area contributed by atoms with E-state index in [0.717, 1.165) is 28.1 Å². The van der Waals surface area contributed by atoms with E-state index in [1.165, 1.54) is 0 Å². The molecule has 0 saturated heterocycles. The first-order valence-corrected chi connectivity index (χ1v) is 7.56. The van der Waals surface area contributed by atoms with E-state index >= 15 is 0 Å². The van der Waals surface area contributed by atoms with E-state index < -0.39 is 0 Å². The number of ether oxygens (including phenoxy) is 2. The van der Waals surface area contributed by atoms with Crippen LogP contribution in [-0.2, 0) is 18.0 Å². The van der Waals surface area contributed by atoms with Crippen LogP contribution >= 0.6 is 0 Å². The fourth-order valence-corrected chi connectivity index (χ4v) is 2.31. The number of nitrogens with zero attached hydrogens (tertiary/aromatic N) is 1. The molecular formula is C20H19NO2. The minimum Gasteiger partial charge on any atom is -0.497 e. The molecular weight excluding hydrogens is 286 g/mol. The van der Waals surface area contributed by atoms with Crippen molar-refractivity contribution in [1.29, 1.82) is 0 Å². The Balaban J connectivity index is 1.54. The van der Waals surface area contributed by atoms with Crippen molar-refractivity contribution in [2.45, 2.75) is 13.2 Å². The van der Waals surface area contributed by atoms with Crippen LogP contribution in [0.2, 0.25) is 0 Å². The molecule has 0 aliphatic heterocycles. The lowest BCUT2D eigenvalue weighted by Gasteiger charge is -2.07. The molecule has 3 rings (SSSR count). The first kappa shape index (κ1) is 15.3. The van der Waals surface area contributed by atoms with Crippen LogP contribution in [0.15, 0.2) is 72.9 Å². The molecule has 0 bridgehead atoms. The Morgan fingerprint density at radius 3 is 2.00 bits per heavy atom. The second kappa shape index (κ2) is 7.56. The van der Waals surface area contributed by atoms with Crippen LogP contribution in [0.5, 0.6) is 5.75 Å². The average Bonchev–Trinajstić information content (AvgIpc) is 2.64. The number of methoxy groups -OCH3 is 1. The number of rotatable bonds is 6. The number of hydrogen-bond acceptors (Lipinski definition) is 3. The van der Waals surface area contributed by atoms with Gasteiger partial charge in [-0.1, -0.05) is 42.5 Å². The van der Waals surface area contributed by atoms with E-state index in [9.17, 15) is 0 Å². The monoisotopic (exact) mass is 305 g/mol. The molecule has 0 amide bonds. The second-order valence-electron chi connectivity index (χ2n) is 5.25. The van der Waals surface area contributed by atoms with Crippen molar-refractivity contribution in [2.75, 3.05) is 7.11 Å². The van der Waals surface area contributed by atoms with E-state index in [-0.39, 0.29) is 0 Å². The summed E-state index contributed by atoms with van der Waals surface area (Å²) in [6.07, 6.45) is 1.81. The predicted octanol–water partition coefficient (Wildman–Crippen LogP) is 4.47. The largest absolute Gasteiger partial charge is 0.497 e. The predicted molar refractivity (Wildman–Crippen MR) is 91.2 cm³/mol. The van der Waals surface area contributed by atoms with Crippen molar-refractivity contribution in [3.8, 4) is 17.0 Å². The summed E-state index contributed by atoms with van der Waals surface area (Å²) in [5, 5.41) is 0. The maximum absolute atomic E-state index is 5.77. The molecule has 3 heteroatoms. The summed E-state index contributed by atoms with van der Waals surface area (Å²) in [4.78, 5) is 4.35. The zero-order valence-electron chi connectivity index (χ0n) is 13.1. The first-order valence-electron chi connectivity index (χ1n) is 7.56. The maximum Gasteiger partial charge on any atom is 0.118 e. The third-order valence-electron chi connectivity index (χ3n) is 3.61. The van der Waals surface area contributed by atoms with Crippen molar-refractivity contribution in [1.82, 2.24) is 4.98 Å². The number of hydrogen-bond donors (Lipinski definition) is 0. The normalized spacial score (nSPS) is 10.5. The number of benzene rings is 2. The smallest absolute Gasteiger partial charge is 0.118 e. The zero-order chi connectivity index (χ0) is 15.9. The van der Waals surface area contributed by atoms with Gasteiger partial charge >= 0.3 is 0 Å². The standard InChI is InChI=1S/C20H19NO2/c1-22-19-11-7-17(8-12-19)15-23-14-16-5-9-18(10-6-16)20-4-2-3-13-21-20/h2-13H,14-15H2,1H3. The lowest BCUT2D eigenvalue weighted by molar-refractivity contribution is 0.107. The summed E-state index contributed by atoms with van der Waals surface area (Å²) in [5.41, 5.74) is 4.39. The maximum atomic E-state index is 5.77. The molecule has 0 saturated carbocycles. The van der Waals surface area contributed by atoms with Gasteiger partial charge in [-0.05, 0) is 35.4 Å². The fourth-order valence-electron chi connectivity index (χ4n) is 2.31. The minimum atomic E-state index is 0.589. The minimum absolute atomic E-state index is 0.589. The average molecular weight is 305 g/mol. The number of pyridine rings is 1. The van der Waals surface area contributed by atoms with E-state index in [0.29, 0.717) is 13.2 Å². The Hall–Kier alpha value is -2.65. The SMILES string of the molecule is COc1ccc(COCc2ccc(-c3ccccn3)cc2)cc1. The molecule has 116 valence electrons. The lowest BCUT2D eigenvalue weighted by atomic mass is 10.1. The van der Waals surface area contributed by atoms with Gasteiger partial charge < -0.3 is 9.47 Å². The van der Waals surface area contributed by atoms with Crippen LogP contribution in [0.25, 0.3) is 11.3 Å². The van der Waals surface area contributed by atoms with Gasteiger partial charge in [-0.2, -0.15) is 0 Å². The van der Waals surface area contributed by atoms with Crippen molar-refractivity contribution in [3.63, 3.8) is 0 Å². The van der Waals surface area contributed by atoms with Crippen LogP contribution in [-0.4, -0.2) is 12.1 Å². The van der Waals surface area contributed by atoms with Gasteiger partial charge in [0.1, 0.15) is 5.75 Å². The Morgan fingerprint density at radius 1 is 0.783 bits per heavy atom. The van der Waals surface area contributed by atoms with Gasteiger partial charge in [0.25, 0.3) is 0 Å². The summed E-state index contributed by atoms with van der Waals surface area (Å²) in [6.45, 7) is 1.18. The summed E-state index contributed by atoms with van der Waals surface area (Å²) in [6, 6.07) is 22.2. The third-order valence-corrected chi connectivity index (χ3v) is 3.61. The van der Waals surface area contributed by atoms with Crippen LogP contribution < -0.4 is 4.74 Å². The van der Waals surface area contributed by atoms with Gasteiger partial charge in [0.15, 0.2) is 0 Å². The van der Waals surface area contributed by atoms with E-state index in [1.807, 2.05) is 42.5 Å². The van der Waals surface area contributed by atoms with Crippen LogP contribution in [0.3, 0.4) is 0 Å². The van der Waals surface area contributed by atoms with E-state index in [2.05, 4.69) is 29.2 Å². The van der Waals surface area contributed by atoms with Gasteiger partial charge in [0.2, 0.25) is 0 Å². The molecule has 2 aromatic carbocycles. The Labute approximate surface area is 136 Å². The molecule has 1 aromatic heterocycles. The molecule has 0 radical (unpaired) electrons. The summed E-state index contributed by atoms with van der Waals surface area (Å²) in [5.74, 6) is 0.860. The molecule has 0 aliphatic rings. The van der Waals surface area contributed by atoms with Crippen LogP contribution in [0.4, 0.5) is 0 Å². The van der Waals surface area contributed by atoms with Gasteiger partial charge in [0, 0.05) is 11.8 Å². The van der Waals surface area contributed by atoms with Gasteiger partial charge in [0.05, 0.1) is 26.0 Å². The first-order chi connectivity index (χ1) is 11.3. The molecule has 3 nitrogen and oxygen atoms in total. The molecule has 3 aromatic rings. The highest BCUT2D eigenvalue weighted by atomic mass is 16.5. The Kier molecular flexibility index (Phi) is 5.02. The van der Waals surface area contributed by atoms with E-state index in [1.54, 1.807) is 13.3 Å². The lowest BCUT2D eigenvalue weighted by Crippen LogP contribution is -1.94. The van der Waals surface area contributed by atoms with Crippen molar-refractivity contribution >= 4 is 0 Å². The molecule has 0 spiro atoms. The molecule has 23 heavy (non-hydrogen) atoms. The molecule has 1 heterocycles. The molecule has 0 unspecified atom stereocenters. The van der Waals surface area contributed by atoms with Gasteiger partial charge in [-0.25, -0.2) is 0 Å². The second-order valence-corrected chi connectivity index (χ2v) is 5.25. The van der Waals surface area contributed by atoms with Crippen LogP contribution in [0.1, 0.15) is 11.1 Å². The van der Waals surface area contributed by atoms with Crippen LogP contribution in [0, 0.1) is 0 Å². The van der Waals surface area contributed by atoms with Gasteiger partial charge in [-0.15, -0.1) is 0 Å². The highest BCUT2D eigenvalue weighted by Crippen LogP contribution is 2.18. The Morgan fingerprint density at radius 2 is 1.43 bits per heavy atom. The molecule has 0 fully saturated rings. The highest BCUT2D eigenvalue weighted by molar-refractivity contribution is 5.58. The van der Waals surface area contributed by atoms with Crippen molar-refractivity contribution in [3.05, 3.63) is 84.1 Å². The molecule has 0 atom stereocenters. The third kappa shape index (κ3) is 4.18. The zero-order valence-corrected chi connectivity index (χ0v) is 13.1. The van der Waals surface area contributed by atoms with Gasteiger partial charge in [-0.3, -0.25) is 4.98 Å². The molecule has 0 aliphatic carbocycles. The quantitative estimate of drug-likeness (QED) is 0.673. The highest BCUT2D eigenvalue weighted by Gasteiger charge is 2.00. The molecule has 0 N–H and O–H groups in total. The summed E-state index contributed by atoms with van der Waals surface area (Å²) < 4.78 is 10.9. The van der Waals surface area contributed by atoms with Crippen molar-refractivity contribution < 1.29 is 9.47 Å².